The molecule has 7 heteroatoms. The van der Waals surface area contributed by atoms with Crippen LogP contribution in [-0.2, 0) is 19.1 Å². The van der Waals surface area contributed by atoms with Crippen molar-refractivity contribution >= 4 is 17.8 Å². The summed E-state index contributed by atoms with van der Waals surface area (Å²) in [6.45, 7) is 0. The van der Waals surface area contributed by atoms with E-state index in [2.05, 4.69) is 5.32 Å². The van der Waals surface area contributed by atoms with Crippen molar-refractivity contribution in [2.75, 3.05) is 7.11 Å². The Labute approximate surface area is 121 Å². The molecule has 114 valence electrons. The Kier molecular flexibility index (Phi) is 6.35. The average Bonchev–Trinajstić information content (AvgIpc) is 2.44. The van der Waals surface area contributed by atoms with Crippen LogP contribution in [0.3, 0.4) is 0 Å². The fourth-order valence-corrected chi connectivity index (χ4v) is 1.79. The minimum atomic E-state index is -1.28. The lowest BCUT2D eigenvalue weighted by Crippen LogP contribution is -2.43. The van der Waals surface area contributed by atoms with Crippen molar-refractivity contribution in [2.45, 2.75) is 25.0 Å². The lowest BCUT2D eigenvalue weighted by atomic mass is 10.1. The molecule has 0 heterocycles. The summed E-state index contributed by atoms with van der Waals surface area (Å²) in [6.07, 6.45) is -1.49. The van der Waals surface area contributed by atoms with Gasteiger partial charge in [0, 0.05) is 13.5 Å². The van der Waals surface area contributed by atoms with Crippen molar-refractivity contribution in [3.05, 3.63) is 35.9 Å². The number of hydrogen-bond acceptors (Lipinski definition) is 4. The number of carboxylic acid groups (broad SMARTS) is 2. The number of nitrogens with one attached hydrogen (secondary N) is 1. The Morgan fingerprint density at radius 2 is 1.81 bits per heavy atom. The first-order valence-corrected chi connectivity index (χ1v) is 6.28. The van der Waals surface area contributed by atoms with Gasteiger partial charge in [-0.25, -0.2) is 4.79 Å². The van der Waals surface area contributed by atoms with Gasteiger partial charge in [0.1, 0.15) is 6.04 Å². The Morgan fingerprint density at radius 3 is 2.29 bits per heavy atom. The summed E-state index contributed by atoms with van der Waals surface area (Å²) in [4.78, 5) is 33.6. The van der Waals surface area contributed by atoms with Crippen molar-refractivity contribution < 1.29 is 29.3 Å². The predicted octanol–water partition coefficient (Wildman–Crippen LogP) is 0.808. The van der Waals surface area contributed by atoms with Crippen LogP contribution in [0.1, 0.15) is 24.5 Å². The second-order valence-corrected chi connectivity index (χ2v) is 4.36. The minimum Gasteiger partial charge on any atom is -0.481 e. The molecule has 0 saturated carbocycles. The fourth-order valence-electron chi connectivity index (χ4n) is 1.79. The molecule has 0 unspecified atom stereocenters. The van der Waals surface area contributed by atoms with Crippen LogP contribution in [0, 0.1) is 0 Å². The average molecular weight is 295 g/mol. The van der Waals surface area contributed by atoms with Crippen molar-refractivity contribution in [3.63, 3.8) is 0 Å². The van der Waals surface area contributed by atoms with Crippen LogP contribution in [0.4, 0.5) is 0 Å². The summed E-state index contributed by atoms with van der Waals surface area (Å²) in [6, 6.07) is 7.33. The first-order valence-electron chi connectivity index (χ1n) is 6.28. The zero-order chi connectivity index (χ0) is 15.8. The topological polar surface area (TPSA) is 113 Å². The molecule has 0 aliphatic rings. The van der Waals surface area contributed by atoms with Crippen LogP contribution in [0.15, 0.2) is 30.3 Å². The van der Waals surface area contributed by atoms with Gasteiger partial charge in [-0.1, -0.05) is 30.3 Å². The first kappa shape index (κ1) is 16.6. The smallest absolute Gasteiger partial charge is 0.326 e. The highest BCUT2D eigenvalue weighted by Gasteiger charge is 2.26. The van der Waals surface area contributed by atoms with Gasteiger partial charge in [-0.2, -0.15) is 0 Å². The maximum atomic E-state index is 12.1. The predicted molar refractivity (Wildman–Crippen MR) is 72.6 cm³/mol. The van der Waals surface area contributed by atoms with Gasteiger partial charge < -0.3 is 20.3 Å². The van der Waals surface area contributed by atoms with Crippen LogP contribution in [0.25, 0.3) is 0 Å². The number of benzene rings is 1. The molecular weight excluding hydrogens is 278 g/mol. The van der Waals surface area contributed by atoms with E-state index in [0.717, 1.165) is 0 Å². The van der Waals surface area contributed by atoms with E-state index in [-0.39, 0.29) is 12.8 Å². The maximum Gasteiger partial charge on any atom is 0.326 e. The fraction of sp³-hybridized carbons (Fsp3) is 0.357. The Bertz CT molecular complexity index is 501. The number of ether oxygens (including phenoxy) is 1. The van der Waals surface area contributed by atoms with Crippen LogP contribution < -0.4 is 5.32 Å². The van der Waals surface area contributed by atoms with Gasteiger partial charge >= 0.3 is 11.9 Å². The second kappa shape index (κ2) is 8.01. The molecular formula is C14H17NO6. The molecule has 0 radical (unpaired) electrons. The standard InChI is InChI=1S/C14H17NO6/c1-21-12(9-5-3-2-4-6-9)13(18)15-10(14(19)20)7-8-11(16)17/h2-6,10,12H,7-8H2,1H3,(H,15,18)(H,16,17)(H,19,20)/t10-,12+/m1/s1. The summed E-state index contributed by atoms with van der Waals surface area (Å²) in [5, 5.41) is 19.9. The molecule has 0 bridgehead atoms. The molecule has 0 saturated heterocycles. The number of carboxylic acids is 2. The minimum absolute atomic E-state index is 0.193. The van der Waals surface area contributed by atoms with Crippen LogP contribution in [0.5, 0.6) is 0 Å². The number of amides is 1. The summed E-state index contributed by atoms with van der Waals surface area (Å²) in [7, 11) is 1.34. The monoisotopic (exact) mass is 295 g/mol. The molecule has 1 rings (SSSR count). The Morgan fingerprint density at radius 1 is 1.19 bits per heavy atom. The molecule has 0 aliphatic heterocycles. The van der Waals surface area contributed by atoms with Gasteiger partial charge in [0.15, 0.2) is 6.10 Å². The Hall–Kier alpha value is -2.41. The Balaban J connectivity index is 2.75. The number of carbonyl (C=O) groups excluding carboxylic acids is 1. The van der Waals surface area contributed by atoms with E-state index < -0.39 is 30.0 Å². The number of hydrogen-bond donors (Lipinski definition) is 3. The molecule has 0 spiro atoms. The third kappa shape index (κ3) is 5.23. The molecule has 2 atom stereocenters. The van der Waals surface area contributed by atoms with Crippen LogP contribution in [0.2, 0.25) is 0 Å². The SMILES string of the molecule is CO[C@H](C(=O)N[C@H](CCC(=O)O)C(=O)O)c1ccccc1. The van der Waals surface area contributed by atoms with Crippen molar-refractivity contribution in [1.82, 2.24) is 5.32 Å². The van der Waals surface area contributed by atoms with Gasteiger partial charge in [-0.15, -0.1) is 0 Å². The van der Waals surface area contributed by atoms with E-state index in [1.54, 1.807) is 30.3 Å². The normalized spacial score (nSPS) is 13.2. The molecule has 0 fully saturated rings. The lowest BCUT2D eigenvalue weighted by molar-refractivity contribution is -0.145. The van der Waals surface area contributed by atoms with Gasteiger partial charge in [-0.05, 0) is 12.0 Å². The lowest BCUT2D eigenvalue weighted by Gasteiger charge is -2.19. The third-order valence-electron chi connectivity index (χ3n) is 2.84. The highest BCUT2D eigenvalue weighted by Crippen LogP contribution is 2.16. The zero-order valence-electron chi connectivity index (χ0n) is 11.5. The second-order valence-electron chi connectivity index (χ2n) is 4.36. The van der Waals surface area contributed by atoms with Gasteiger partial charge in [0.25, 0.3) is 5.91 Å². The molecule has 1 aromatic carbocycles. The van der Waals surface area contributed by atoms with Crippen molar-refractivity contribution in [3.8, 4) is 0 Å². The van der Waals surface area contributed by atoms with E-state index in [0.29, 0.717) is 5.56 Å². The number of carbonyl (C=O) groups is 3. The van der Waals surface area contributed by atoms with Crippen molar-refractivity contribution in [2.24, 2.45) is 0 Å². The van der Waals surface area contributed by atoms with Gasteiger partial charge in [0.05, 0.1) is 0 Å². The molecule has 0 aromatic heterocycles. The molecule has 3 N–H and O–H groups in total. The first-order chi connectivity index (χ1) is 9.95. The molecule has 1 aromatic rings. The summed E-state index contributed by atoms with van der Waals surface area (Å²) in [5.74, 6) is -3.03. The van der Waals surface area contributed by atoms with E-state index in [9.17, 15) is 14.4 Å². The number of aliphatic carboxylic acids is 2. The third-order valence-corrected chi connectivity index (χ3v) is 2.84. The summed E-state index contributed by atoms with van der Waals surface area (Å²) >= 11 is 0. The highest BCUT2D eigenvalue weighted by atomic mass is 16.5. The highest BCUT2D eigenvalue weighted by molar-refractivity contribution is 5.87. The molecule has 7 nitrogen and oxygen atoms in total. The number of rotatable bonds is 8. The zero-order valence-corrected chi connectivity index (χ0v) is 11.5. The molecule has 21 heavy (non-hydrogen) atoms. The quantitative estimate of drug-likeness (QED) is 0.654. The van der Waals surface area contributed by atoms with Gasteiger partial charge in [-0.3, -0.25) is 9.59 Å². The van der Waals surface area contributed by atoms with E-state index in [1.165, 1.54) is 7.11 Å². The number of methoxy groups -OCH3 is 1. The molecule has 0 aliphatic carbocycles. The van der Waals surface area contributed by atoms with Gasteiger partial charge in [0.2, 0.25) is 0 Å². The maximum absolute atomic E-state index is 12.1. The van der Waals surface area contributed by atoms with Crippen LogP contribution in [-0.4, -0.2) is 41.2 Å². The molecule has 1 amide bonds. The van der Waals surface area contributed by atoms with E-state index >= 15 is 0 Å². The summed E-state index contributed by atoms with van der Waals surface area (Å²) < 4.78 is 5.08. The summed E-state index contributed by atoms with van der Waals surface area (Å²) in [5.41, 5.74) is 0.583. The van der Waals surface area contributed by atoms with Crippen LogP contribution >= 0.6 is 0 Å². The largest absolute Gasteiger partial charge is 0.481 e. The van der Waals surface area contributed by atoms with E-state index in [1.807, 2.05) is 0 Å². The van der Waals surface area contributed by atoms with E-state index in [4.69, 9.17) is 14.9 Å². The van der Waals surface area contributed by atoms with Crippen molar-refractivity contribution in [1.29, 1.82) is 0 Å².